The molecule has 0 aliphatic carbocycles. The van der Waals surface area contributed by atoms with E-state index in [-0.39, 0.29) is 17.1 Å². The molecule has 1 aromatic heterocycles. The largest absolute Gasteiger partial charge is 0.493 e. The predicted molar refractivity (Wildman–Crippen MR) is 106 cm³/mol. The number of halogens is 1. The fourth-order valence-corrected chi connectivity index (χ4v) is 2.55. The van der Waals surface area contributed by atoms with Crippen LogP contribution in [-0.2, 0) is 0 Å². The average Bonchev–Trinajstić information content (AvgIpc) is 2.75. The molecule has 0 unspecified atom stereocenters. The van der Waals surface area contributed by atoms with Crippen molar-refractivity contribution in [1.82, 2.24) is 4.98 Å². The molecule has 8 heteroatoms. The third-order valence-corrected chi connectivity index (χ3v) is 3.98. The molecule has 3 aromatic rings. The number of rotatable bonds is 6. The summed E-state index contributed by atoms with van der Waals surface area (Å²) in [5, 5.41) is 5.11. The molecular weight excluding hydrogens is 377 g/mol. The first kappa shape index (κ1) is 19.8. The van der Waals surface area contributed by atoms with Crippen molar-refractivity contribution in [2.75, 3.05) is 24.9 Å². The van der Waals surface area contributed by atoms with Crippen LogP contribution in [0.3, 0.4) is 0 Å². The van der Waals surface area contributed by atoms with Crippen LogP contribution >= 0.6 is 0 Å². The van der Waals surface area contributed by atoms with E-state index >= 15 is 0 Å². The summed E-state index contributed by atoms with van der Waals surface area (Å²) in [5.74, 6) is -0.733. The molecule has 3 rings (SSSR count). The van der Waals surface area contributed by atoms with Gasteiger partial charge in [0, 0.05) is 11.8 Å². The lowest BCUT2D eigenvalue weighted by Crippen LogP contribution is -2.19. The summed E-state index contributed by atoms with van der Waals surface area (Å²) in [6.45, 7) is 0. The van der Waals surface area contributed by atoms with E-state index in [4.69, 9.17) is 9.47 Å². The molecule has 0 saturated carbocycles. The first-order chi connectivity index (χ1) is 14.0. The van der Waals surface area contributed by atoms with Gasteiger partial charge in [-0.15, -0.1) is 0 Å². The number of hydrogen-bond acceptors (Lipinski definition) is 5. The zero-order valence-electron chi connectivity index (χ0n) is 15.7. The smallest absolute Gasteiger partial charge is 0.274 e. The molecule has 0 aliphatic rings. The molecule has 29 heavy (non-hydrogen) atoms. The number of ether oxygens (including phenoxy) is 2. The number of aromatic nitrogens is 1. The van der Waals surface area contributed by atoms with E-state index < -0.39 is 17.6 Å². The first-order valence-electron chi connectivity index (χ1n) is 8.58. The molecule has 0 radical (unpaired) electrons. The number of carbonyl (C=O) groups is 2. The van der Waals surface area contributed by atoms with Crippen LogP contribution in [0.2, 0.25) is 0 Å². The van der Waals surface area contributed by atoms with Crippen LogP contribution in [0.15, 0.2) is 60.7 Å². The van der Waals surface area contributed by atoms with E-state index in [9.17, 15) is 14.0 Å². The lowest BCUT2D eigenvalue weighted by atomic mass is 10.2. The second-order valence-electron chi connectivity index (χ2n) is 5.87. The quantitative estimate of drug-likeness (QED) is 0.664. The van der Waals surface area contributed by atoms with Crippen molar-refractivity contribution in [3.05, 3.63) is 77.9 Å². The van der Waals surface area contributed by atoms with E-state index in [1.165, 1.54) is 50.6 Å². The number of carbonyl (C=O) groups excluding carboxylic acids is 2. The second-order valence-corrected chi connectivity index (χ2v) is 5.87. The second kappa shape index (κ2) is 8.83. The Morgan fingerprint density at radius 1 is 0.828 bits per heavy atom. The Morgan fingerprint density at radius 3 is 2.14 bits per heavy atom. The summed E-state index contributed by atoms with van der Waals surface area (Å²) >= 11 is 0. The Hall–Kier alpha value is -3.94. The van der Waals surface area contributed by atoms with Gasteiger partial charge < -0.3 is 20.1 Å². The molecule has 0 bridgehead atoms. The van der Waals surface area contributed by atoms with Crippen molar-refractivity contribution in [2.45, 2.75) is 0 Å². The molecule has 0 fully saturated rings. The summed E-state index contributed by atoms with van der Waals surface area (Å²) in [6, 6.07) is 15.1. The lowest BCUT2D eigenvalue weighted by Gasteiger charge is -2.11. The topological polar surface area (TPSA) is 89.5 Å². The minimum Gasteiger partial charge on any atom is -0.493 e. The first-order valence-corrected chi connectivity index (χ1v) is 8.58. The summed E-state index contributed by atoms with van der Waals surface area (Å²) in [4.78, 5) is 28.9. The van der Waals surface area contributed by atoms with Gasteiger partial charge in [-0.25, -0.2) is 9.37 Å². The Labute approximate surface area is 166 Å². The maximum absolute atomic E-state index is 13.7. The highest BCUT2D eigenvalue weighted by Gasteiger charge is 2.15. The van der Waals surface area contributed by atoms with Gasteiger partial charge in [0.2, 0.25) is 0 Å². The summed E-state index contributed by atoms with van der Waals surface area (Å²) in [7, 11) is 3.00. The SMILES string of the molecule is COc1ccc(NC(=O)c2cccc(C(=O)Nc3ccccc3F)n2)cc1OC. The van der Waals surface area contributed by atoms with Gasteiger partial charge in [0.1, 0.15) is 17.2 Å². The molecule has 2 N–H and O–H groups in total. The van der Waals surface area contributed by atoms with Crippen molar-refractivity contribution >= 4 is 23.2 Å². The minimum absolute atomic E-state index is 0.0202. The van der Waals surface area contributed by atoms with Crippen molar-refractivity contribution in [3.63, 3.8) is 0 Å². The molecular formula is C21H18FN3O4. The van der Waals surface area contributed by atoms with Crippen LogP contribution in [0.25, 0.3) is 0 Å². The monoisotopic (exact) mass is 395 g/mol. The van der Waals surface area contributed by atoms with Crippen molar-refractivity contribution in [2.24, 2.45) is 0 Å². The highest BCUT2D eigenvalue weighted by atomic mass is 19.1. The predicted octanol–water partition coefficient (Wildman–Crippen LogP) is 3.74. The van der Waals surface area contributed by atoms with Crippen LogP contribution in [0, 0.1) is 5.82 Å². The van der Waals surface area contributed by atoms with Gasteiger partial charge in [0.15, 0.2) is 11.5 Å². The van der Waals surface area contributed by atoms with Crippen LogP contribution in [0.1, 0.15) is 21.0 Å². The minimum atomic E-state index is -0.629. The van der Waals surface area contributed by atoms with E-state index in [2.05, 4.69) is 15.6 Å². The van der Waals surface area contributed by atoms with E-state index in [1.807, 2.05) is 0 Å². The molecule has 0 aliphatic heterocycles. The maximum atomic E-state index is 13.7. The van der Waals surface area contributed by atoms with Gasteiger partial charge >= 0.3 is 0 Å². The lowest BCUT2D eigenvalue weighted by molar-refractivity contribution is 0.101. The van der Waals surface area contributed by atoms with Gasteiger partial charge in [-0.1, -0.05) is 18.2 Å². The van der Waals surface area contributed by atoms with Gasteiger partial charge in [-0.05, 0) is 36.4 Å². The summed E-state index contributed by atoms with van der Waals surface area (Å²) < 4.78 is 24.1. The number of anilines is 2. The van der Waals surface area contributed by atoms with E-state index in [0.29, 0.717) is 17.2 Å². The Kier molecular flexibility index (Phi) is 6.03. The highest BCUT2D eigenvalue weighted by Crippen LogP contribution is 2.29. The number of benzene rings is 2. The van der Waals surface area contributed by atoms with Gasteiger partial charge in [-0.3, -0.25) is 9.59 Å². The molecule has 2 amide bonds. The van der Waals surface area contributed by atoms with Crippen LogP contribution in [0.4, 0.5) is 15.8 Å². The third-order valence-electron chi connectivity index (χ3n) is 3.98. The van der Waals surface area contributed by atoms with Crippen LogP contribution < -0.4 is 20.1 Å². The highest BCUT2D eigenvalue weighted by molar-refractivity contribution is 6.06. The van der Waals surface area contributed by atoms with Gasteiger partial charge in [-0.2, -0.15) is 0 Å². The number of methoxy groups -OCH3 is 2. The molecule has 0 atom stereocenters. The summed E-state index contributed by atoms with van der Waals surface area (Å²) in [6.07, 6.45) is 0. The van der Waals surface area contributed by atoms with Gasteiger partial charge in [0.05, 0.1) is 19.9 Å². The number of pyridine rings is 1. The molecule has 7 nitrogen and oxygen atoms in total. The Bertz CT molecular complexity index is 1060. The number of amides is 2. The molecule has 0 spiro atoms. The summed E-state index contributed by atoms with van der Waals surface area (Å²) in [5.41, 5.74) is 0.504. The van der Waals surface area contributed by atoms with Crippen LogP contribution in [-0.4, -0.2) is 31.0 Å². The van der Waals surface area contributed by atoms with E-state index in [0.717, 1.165) is 0 Å². The molecule has 0 saturated heterocycles. The van der Waals surface area contributed by atoms with Crippen molar-refractivity contribution < 1.29 is 23.5 Å². The zero-order valence-corrected chi connectivity index (χ0v) is 15.7. The van der Waals surface area contributed by atoms with Gasteiger partial charge in [0.25, 0.3) is 11.8 Å². The average molecular weight is 395 g/mol. The Morgan fingerprint density at radius 2 is 1.48 bits per heavy atom. The third kappa shape index (κ3) is 4.67. The zero-order chi connectivity index (χ0) is 20.8. The molecule has 148 valence electrons. The van der Waals surface area contributed by atoms with Crippen molar-refractivity contribution in [1.29, 1.82) is 0 Å². The molecule has 2 aromatic carbocycles. The number of hydrogen-bond donors (Lipinski definition) is 2. The van der Waals surface area contributed by atoms with Crippen LogP contribution in [0.5, 0.6) is 11.5 Å². The fourth-order valence-electron chi connectivity index (χ4n) is 2.55. The van der Waals surface area contributed by atoms with E-state index in [1.54, 1.807) is 24.3 Å². The number of nitrogens with zero attached hydrogens (tertiary/aromatic N) is 1. The normalized spacial score (nSPS) is 10.2. The number of para-hydroxylation sites is 1. The van der Waals surface area contributed by atoms with Crippen molar-refractivity contribution in [3.8, 4) is 11.5 Å². The number of nitrogens with one attached hydrogen (secondary N) is 2. The fraction of sp³-hybridized carbons (Fsp3) is 0.0952. The maximum Gasteiger partial charge on any atom is 0.274 e. The molecule has 1 heterocycles. The Balaban J connectivity index is 1.76. The standard InChI is InChI=1S/C21H18FN3O4/c1-28-18-11-10-13(12-19(18)29-2)23-20(26)16-8-5-9-17(24-16)21(27)25-15-7-4-3-6-14(15)22/h3-12H,1-2H3,(H,23,26)(H,25,27).